The van der Waals surface area contributed by atoms with Gasteiger partial charge in [0.2, 0.25) is 15.9 Å². The second-order valence-electron chi connectivity index (χ2n) is 6.45. The molecule has 1 N–H and O–H groups in total. The first-order valence-electron chi connectivity index (χ1n) is 7.79. The largest absolute Gasteiger partial charge is 0.362 e. The van der Waals surface area contributed by atoms with Crippen molar-refractivity contribution in [2.45, 2.75) is 25.2 Å². The Labute approximate surface area is 138 Å². The summed E-state index contributed by atoms with van der Waals surface area (Å²) in [5, 5.41) is 2.90. The molecule has 0 aliphatic carbocycles. The van der Waals surface area contributed by atoms with E-state index in [1.54, 1.807) is 12.1 Å². The summed E-state index contributed by atoms with van der Waals surface area (Å²) >= 11 is 0. The van der Waals surface area contributed by atoms with Crippen molar-refractivity contribution in [1.29, 1.82) is 0 Å². The lowest BCUT2D eigenvalue weighted by Gasteiger charge is -2.20. The molecule has 1 heterocycles. The maximum Gasteiger partial charge on any atom is 0.242 e. The van der Waals surface area contributed by atoms with E-state index in [1.165, 1.54) is 18.4 Å². The summed E-state index contributed by atoms with van der Waals surface area (Å²) in [7, 11) is -0.439. The molecule has 1 aromatic rings. The minimum Gasteiger partial charge on any atom is -0.362 e. The molecule has 0 aromatic heterocycles. The van der Waals surface area contributed by atoms with Gasteiger partial charge in [0.25, 0.3) is 0 Å². The van der Waals surface area contributed by atoms with Crippen LogP contribution in [0.5, 0.6) is 0 Å². The lowest BCUT2D eigenvalue weighted by Crippen LogP contribution is -2.38. The number of nitrogens with one attached hydrogen (secondary N) is 1. The topological polar surface area (TPSA) is 69.7 Å². The predicted molar refractivity (Wildman–Crippen MR) is 91.1 cm³/mol. The number of carbonyl (C=O) groups excluding carboxylic acids is 1. The summed E-state index contributed by atoms with van der Waals surface area (Å²) in [6.45, 7) is 5.73. The summed E-state index contributed by atoms with van der Waals surface area (Å²) in [6.07, 6.45) is 0.828. The summed E-state index contributed by atoms with van der Waals surface area (Å²) in [6, 6.07) is 5.15. The van der Waals surface area contributed by atoms with E-state index in [9.17, 15) is 13.2 Å². The fourth-order valence-electron chi connectivity index (χ4n) is 2.51. The monoisotopic (exact) mass is 339 g/mol. The molecule has 0 atom stereocenters. The van der Waals surface area contributed by atoms with Gasteiger partial charge in [0, 0.05) is 32.9 Å². The van der Waals surface area contributed by atoms with E-state index in [0.717, 1.165) is 24.2 Å². The SMILES string of the molecule is CC(C)CNC(=O)CN1CCc2ccc(S(=O)(=O)N(C)C)cc21. The first-order chi connectivity index (χ1) is 10.7. The third kappa shape index (κ3) is 4.03. The summed E-state index contributed by atoms with van der Waals surface area (Å²) in [5.41, 5.74) is 1.92. The number of nitrogens with zero attached hydrogens (tertiary/aromatic N) is 2. The average molecular weight is 339 g/mol. The van der Waals surface area contributed by atoms with E-state index in [-0.39, 0.29) is 17.3 Å². The smallest absolute Gasteiger partial charge is 0.242 e. The lowest BCUT2D eigenvalue weighted by molar-refractivity contribution is -0.119. The van der Waals surface area contributed by atoms with Crippen LogP contribution >= 0.6 is 0 Å². The molecule has 0 unspecified atom stereocenters. The van der Waals surface area contributed by atoms with Crippen LogP contribution < -0.4 is 10.2 Å². The molecule has 128 valence electrons. The molecule has 1 amide bonds. The standard InChI is InChI=1S/C16H25N3O3S/c1-12(2)10-17-16(20)11-19-8-7-13-5-6-14(9-15(13)19)23(21,22)18(3)4/h5-6,9,12H,7-8,10-11H2,1-4H3,(H,17,20). The van der Waals surface area contributed by atoms with Gasteiger partial charge in [0.05, 0.1) is 11.4 Å². The molecule has 0 saturated heterocycles. The Morgan fingerprint density at radius 3 is 2.65 bits per heavy atom. The first kappa shape index (κ1) is 17.7. The minimum atomic E-state index is -3.47. The van der Waals surface area contributed by atoms with Crippen molar-refractivity contribution in [3.63, 3.8) is 0 Å². The fraction of sp³-hybridized carbons (Fsp3) is 0.562. The van der Waals surface area contributed by atoms with Gasteiger partial charge in [-0.05, 0) is 30.0 Å². The molecule has 0 radical (unpaired) electrons. The third-order valence-electron chi connectivity index (χ3n) is 3.87. The highest BCUT2D eigenvalue weighted by molar-refractivity contribution is 7.89. The van der Waals surface area contributed by atoms with E-state index in [2.05, 4.69) is 5.32 Å². The molecule has 6 nitrogen and oxygen atoms in total. The van der Waals surface area contributed by atoms with Crippen molar-refractivity contribution in [2.75, 3.05) is 38.6 Å². The van der Waals surface area contributed by atoms with Crippen LogP contribution in [-0.2, 0) is 21.2 Å². The number of hydrogen-bond donors (Lipinski definition) is 1. The van der Waals surface area contributed by atoms with Crippen LogP contribution in [0.15, 0.2) is 23.1 Å². The number of sulfonamides is 1. The lowest BCUT2D eigenvalue weighted by atomic mass is 10.2. The first-order valence-corrected chi connectivity index (χ1v) is 9.23. The Balaban J connectivity index is 2.17. The maximum atomic E-state index is 12.3. The minimum absolute atomic E-state index is 0.0348. The third-order valence-corrected chi connectivity index (χ3v) is 5.68. The Kier molecular flexibility index (Phi) is 5.31. The number of rotatable bonds is 6. The van der Waals surface area contributed by atoms with E-state index in [4.69, 9.17) is 0 Å². The zero-order valence-corrected chi connectivity index (χ0v) is 15.0. The van der Waals surface area contributed by atoms with Crippen LogP contribution in [0.1, 0.15) is 19.4 Å². The molecule has 2 rings (SSSR count). The molecular weight excluding hydrogens is 314 g/mol. The molecule has 23 heavy (non-hydrogen) atoms. The number of hydrogen-bond acceptors (Lipinski definition) is 4. The highest BCUT2D eigenvalue weighted by Crippen LogP contribution is 2.30. The van der Waals surface area contributed by atoms with Crippen molar-refractivity contribution in [1.82, 2.24) is 9.62 Å². The van der Waals surface area contributed by atoms with E-state index < -0.39 is 10.0 Å². The number of anilines is 1. The maximum absolute atomic E-state index is 12.3. The van der Waals surface area contributed by atoms with Gasteiger partial charge in [-0.15, -0.1) is 0 Å². The normalized spacial score (nSPS) is 14.4. The van der Waals surface area contributed by atoms with Gasteiger partial charge in [-0.2, -0.15) is 0 Å². The van der Waals surface area contributed by atoms with E-state index in [0.29, 0.717) is 12.5 Å². The van der Waals surface area contributed by atoms with Crippen molar-refractivity contribution in [3.05, 3.63) is 23.8 Å². The molecule has 1 aliphatic heterocycles. The Morgan fingerprint density at radius 2 is 2.04 bits per heavy atom. The zero-order valence-electron chi connectivity index (χ0n) is 14.2. The van der Waals surface area contributed by atoms with E-state index in [1.807, 2.05) is 24.8 Å². The molecule has 0 bridgehead atoms. The van der Waals surface area contributed by atoms with E-state index >= 15 is 0 Å². The summed E-state index contributed by atoms with van der Waals surface area (Å²) < 4.78 is 25.7. The molecule has 0 spiro atoms. The second kappa shape index (κ2) is 6.88. The van der Waals surface area contributed by atoms with Crippen LogP contribution in [0.4, 0.5) is 5.69 Å². The number of fused-ring (bicyclic) bond motifs is 1. The van der Waals surface area contributed by atoms with Crippen LogP contribution in [0.25, 0.3) is 0 Å². The van der Waals surface area contributed by atoms with Gasteiger partial charge >= 0.3 is 0 Å². The highest BCUT2D eigenvalue weighted by atomic mass is 32.2. The molecular formula is C16H25N3O3S. The van der Waals surface area contributed by atoms with Crippen LogP contribution in [0, 0.1) is 5.92 Å². The summed E-state index contributed by atoms with van der Waals surface area (Å²) in [5.74, 6) is 0.370. The van der Waals surface area contributed by atoms with Gasteiger partial charge in [-0.1, -0.05) is 19.9 Å². The number of benzene rings is 1. The van der Waals surface area contributed by atoms with Crippen molar-refractivity contribution in [2.24, 2.45) is 5.92 Å². The van der Waals surface area contributed by atoms with Gasteiger partial charge in [0.15, 0.2) is 0 Å². The Hall–Kier alpha value is -1.60. The number of carbonyl (C=O) groups is 1. The molecule has 1 aliphatic rings. The predicted octanol–water partition coefficient (Wildman–Crippen LogP) is 1.07. The average Bonchev–Trinajstić information content (AvgIpc) is 2.87. The fourth-order valence-corrected chi connectivity index (χ4v) is 3.43. The summed E-state index contributed by atoms with van der Waals surface area (Å²) in [4.78, 5) is 14.2. The van der Waals surface area contributed by atoms with Gasteiger partial charge < -0.3 is 10.2 Å². The highest BCUT2D eigenvalue weighted by Gasteiger charge is 2.25. The van der Waals surface area contributed by atoms with Gasteiger partial charge in [-0.25, -0.2) is 12.7 Å². The van der Waals surface area contributed by atoms with Crippen molar-refractivity contribution >= 4 is 21.6 Å². The number of amides is 1. The van der Waals surface area contributed by atoms with Crippen molar-refractivity contribution < 1.29 is 13.2 Å². The Morgan fingerprint density at radius 1 is 1.35 bits per heavy atom. The Bertz CT molecular complexity index is 684. The molecule has 0 fully saturated rings. The second-order valence-corrected chi connectivity index (χ2v) is 8.60. The molecule has 0 saturated carbocycles. The quantitative estimate of drug-likeness (QED) is 0.842. The van der Waals surface area contributed by atoms with Crippen molar-refractivity contribution in [3.8, 4) is 0 Å². The molecule has 1 aromatic carbocycles. The van der Waals surface area contributed by atoms with Gasteiger partial charge in [0.1, 0.15) is 0 Å². The molecule has 7 heteroatoms. The van der Waals surface area contributed by atoms with Crippen LogP contribution in [-0.4, -0.2) is 52.4 Å². The van der Waals surface area contributed by atoms with Crippen LogP contribution in [0.3, 0.4) is 0 Å². The van der Waals surface area contributed by atoms with Crippen LogP contribution in [0.2, 0.25) is 0 Å². The zero-order chi connectivity index (χ0) is 17.2. The van der Waals surface area contributed by atoms with Gasteiger partial charge in [-0.3, -0.25) is 4.79 Å².